The van der Waals surface area contributed by atoms with Gasteiger partial charge in [-0.25, -0.2) is 4.98 Å². The summed E-state index contributed by atoms with van der Waals surface area (Å²) in [5, 5.41) is 0.716. The average Bonchev–Trinajstić information content (AvgIpc) is 3.17. The summed E-state index contributed by atoms with van der Waals surface area (Å²) < 4.78 is 7.28. The van der Waals surface area contributed by atoms with Crippen LogP contribution < -0.4 is 0 Å². The third-order valence-electron chi connectivity index (χ3n) is 3.88. The van der Waals surface area contributed by atoms with Gasteiger partial charge < -0.3 is 9.30 Å². The van der Waals surface area contributed by atoms with Crippen LogP contribution in [0.4, 0.5) is 0 Å². The minimum Gasteiger partial charge on any atom is -0.465 e. The molecule has 0 saturated heterocycles. The number of carbonyl (C=O) groups excluding carboxylic acids is 1. The summed E-state index contributed by atoms with van der Waals surface area (Å²) in [5.74, 6) is 1.09. The quantitative estimate of drug-likeness (QED) is 0.798. The Morgan fingerprint density at radius 1 is 1.43 bits per heavy atom. The Bertz CT molecular complexity index is 636. The van der Waals surface area contributed by atoms with E-state index in [1.54, 1.807) is 6.20 Å². The first-order valence-corrected chi connectivity index (χ1v) is 7.41. The van der Waals surface area contributed by atoms with E-state index in [1.807, 2.05) is 42.1 Å². The fourth-order valence-electron chi connectivity index (χ4n) is 2.52. The van der Waals surface area contributed by atoms with E-state index in [9.17, 15) is 4.79 Å². The second-order valence-corrected chi connectivity index (χ2v) is 5.81. The lowest BCUT2D eigenvalue weighted by molar-refractivity contribution is -0.145. The molecular formula is C16H17ClN2O2. The van der Waals surface area contributed by atoms with Crippen LogP contribution in [0.25, 0.3) is 0 Å². The van der Waals surface area contributed by atoms with Gasteiger partial charge in [0.1, 0.15) is 5.82 Å². The molecule has 1 aromatic carbocycles. The second kappa shape index (κ2) is 5.90. The van der Waals surface area contributed by atoms with Crippen molar-refractivity contribution in [2.75, 3.05) is 6.61 Å². The number of nitrogens with zero attached hydrogens (tertiary/aromatic N) is 2. The number of carbonyl (C=O) groups is 1. The highest BCUT2D eigenvalue weighted by molar-refractivity contribution is 6.30. The molecule has 110 valence electrons. The van der Waals surface area contributed by atoms with E-state index in [1.165, 1.54) is 0 Å². The van der Waals surface area contributed by atoms with Gasteiger partial charge in [-0.05, 0) is 30.0 Å². The zero-order chi connectivity index (χ0) is 14.8. The van der Waals surface area contributed by atoms with E-state index in [0.29, 0.717) is 18.1 Å². The molecule has 1 aromatic heterocycles. The molecule has 0 bridgehead atoms. The first-order chi connectivity index (χ1) is 10.1. The zero-order valence-corrected chi connectivity index (χ0v) is 12.6. The van der Waals surface area contributed by atoms with Crippen molar-refractivity contribution >= 4 is 17.6 Å². The molecule has 1 fully saturated rings. The smallest absolute Gasteiger partial charge is 0.309 e. The molecule has 0 radical (unpaired) electrons. The molecule has 0 spiro atoms. The van der Waals surface area contributed by atoms with Gasteiger partial charge in [-0.1, -0.05) is 23.7 Å². The third kappa shape index (κ3) is 3.27. The lowest BCUT2D eigenvalue weighted by atomic mass is 10.1. The predicted molar refractivity (Wildman–Crippen MR) is 80.2 cm³/mol. The number of hydrogen-bond donors (Lipinski definition) is 0. The molecule has 4 nitrogen and oxygen atoms in total. The lowest BCUT2D eigenvalue weighted by Crippen LogP contribution is -2.12. The van der Waals surface area contributed by atoms with E-state index < -0.39 is 0 Å². The van der Waals surface area contributed by atoms with E-state index in [-0.39, 0.29) is 17.8 Å². The minimum absolute atomic E-state index is 0.00690. The summed E-state index contributed by atoms with van der Waals surface area (Å²) in [7, 11) is 1.93. The number of aromatic nitrogens is 2. The monoisotopic (exact) mass is 304 g/mol. The van der Waals surface area contributed by atoms with Crippen molar-refractivity contribution in [1.29, 1.82) is 0 Å². The molecule has 2 atom stereocenters. The van der Waals surface area contributed by atoms with Crippen LogP contribution in [0.3, 0.4) is 0 Å². The van der Waals surface area contributed by atoms with Gasteiger partial charge in [0.15, 0.2) is 0 Å². The van der Waals surface area contributed by atoms with Crippen LogP contribution in [0.1, 0.15) is 23.7 Å². The molecule has 5 heteroatoms. The maximum Gasteiger partial charge on any atom is 0.309 e. The fourth-order valence-corrected chi connectivity index (χ4v) is 2.65. The molecule has 3 rings (SSSR count). The van der Waals surface area contributed by atoms with Gasteiger partial charge in [-0.15, -0.1) is 0 Å². The van der Waals surface area contributed by atoms with Gasteiger partial charge in [-0.2, -0.15) is 0 Å². The Morgan fingerprint density at radius 2 is 2.19 bits per heavy atom. The van der Waals surface area contributed by atoms with Crippen molar-refractivity contribution in [3.63, 3.8) is 0 Å². The summed E-state index contributed by atoms with van der Waals surface area (Å²) >= 11 is 5.87. The van der Waals surface area contributed by atoms with Crippen LogP contribution in [0, 0.1) is 5.92 Å². The van der Waals surface area contributed by atoms with Crippen LogP contribution in [0.5, 0.6) is 0 Å². The summed E-state index contributed by atoms with van der Waals surface area (Å²) in [5.41, 5.74) is 1.16. The number of esters is 1. The maximum atomic E-state index is 12.0. The average molecular weight is 305 g/mol. The number of halogens is 1. The molecule has 0 amide bonds. The number of aryl methyl sites for hydroxylation is 1. The standard InChI is InChI=1S/C16H17ClN2O2/c1-19-8-7-18-15(19)6-9-21-16(20)14-10-13(14)11-2-4-12(17)5-3-11/h2-5,7-8,13-14H,6,9-10H2,1H3. The summed E-state index contributed by atoms with van der Waals surface area (Å²) in [6, 6.07) is 7.68. The molecule has 1 heterocycles. The Labute approximate surface area is 128 Å². The number of hydrogen-bond acceptors (Lipinski definition) is 3. The number of rotatable bonds is 5. The van der Waals surface area contributed by atoms with Gasteiger partial charge in [0.2, 0.25) is 0 Å². The largest absolute Gasteiger partial charge is 0.465 e. The highest BCUT2D eigenvalue weighted by Gasteiger charge is 2.45. The highest BCUT2D eigenvalue weighted by Crippen LogP contribution is 2.48. The van der Waals surface area contributed by atoms with Crippen molar-refractivity contribution in [3.8, 4) is 0 Å². The molecule has 0 aliphatic heterocycles. The van der Waals surface area contributed by atoms with Crippen LogP contribution in [0.15, 0.2) is 36.7 Å². The van der Waals surface area contributed by atoms with Gasteiger partial charge in [0, 0.05) is 30.9 Å². The van der Waals surface area contributed by atoms with Crippen molar-refractivity contribution in [2.45, 2.75) is 18.8 Å². The molecule has 1 aliphatic carbocycles. The van der Waals surface area contributed by atoms with E-state index in [4.69, 9.17) is 16.3 Å². The van der Waals surface area contributed by atoms with Crippen LogP contribution in [-0.2, 0) is 23.0 Å². The van der Waals surface area contributed by atoms with Gasteiger partial charge >= 0.3 is 5.97 Å². The molecule has 21 heavy (non-hydrogen) atoms. The minimum atomic E-state index is -0.107. The summed E-state index contributed by atoms with van der Waals surface area (Å²) in [4.78, 5) is 16.2. The number of ether oxygens (including phenoxy) is 1. The first-order valence-electron chi connectivity index (χ1n) is 7.03. The summed E-state index contributed by atoms with van der Waals surface area (Å²) in [6.07, 6.45) is 5.14. The SMILES string of the molecule is Cn1ccnc1CCOC(=O)C1CC1c1ccc(Cl)cc1. The van der Waals surface area contributed by atoms with Crippen molar-refractivity contribution < 1.29 is 9.53 Å². The number of benzene rings is 1. The van der Waals surface area contributed by atoms with Crippen molar-refractivity contribution in [1.82, 2.24) is 9.55 Å². The predicted octanol–water partition coefficient (Wildman–Crippen LogP) is 2.96. The highest BCUT2D eigenvalue weighted by atomic mass is 35.5. The Morgan fingerprint density at radius 3 is 2.86 bits per heavy atom. The van der Waals surface area contributed by atoms with Crippen molar-refractivity contribution in [3.05, 3.63) is 53.1 Å². The zero-order valence-electron chi connectivity index (χ0n) is 11.8. The molecule has 1 saturated carbocycles. The third-order valence-corrected chi connectivity index (χ3v) is 4.13. The Balaban J connectivity index is 1.47. The van der Waals surface area contributed by atoms with E-state index >= 15 is 0 Å². The topological polar surface area (TPSA) is 44.1 Å². The van der Waals surface area contributed by atoms with E-state index in [2.05, 4.69) is 4.98 Å². The summed E-state index contributed by atoms with van der Waals surface area (Å²) in [6.45, 7) is 0.382. The van der Waals surface area contributed by atoms with Crippen molar-refractivity contribution in [2.24, 2.45) is 13.0 Å². The molecular weight excluding hydrogens is 288 g/mol. The van der Waals surface area contributed by atoms with Crippen LogP contribution in [0.2, 0.25) is 5.02 Å². The maximum absolute atomic E-state index is 12.0. The Hall–Kier alpha value is -1.81. The van der Waals surface area contributed by atoms with Gasteiger partial charge in [0.05, 0.1) is 12.5 Å². The van der Waals surface area contributed by atoms with E-state index in [0.717, 1.165) is 17.8 Å². The lowest BCUT2D eigenvalue weighted by Gasteiger charge is -2.05. The molecule has 2 aromatic rings. The normalized spacial score (nSPS) is 20.3. The Kier molecular flexibility index (Phi) is 3.97. The number of imidazole rings is 1. The molecule has 1 aliphatic rings. The first kappa shape index (κ1) is 14.1. The fraction of sp³-hybridized carbons (Fsp3) is 0.375. The van der Waals surface area contributed by atoms with Crippen LogP contribution >= 0.6 is 11.6 Å². The van der Waals surface area contributed by atoms with Crippen LogP contribution in [-0.4, -0.2) is 22.1 Å². The molecule has 0 N–H and O–H groups in total. The molecule has 2 unspecified atom stereocenters. The second-order valence-electron chi connectivity index (χ2n) is 5.37. The van der Waals surface area contributed by atoms with Gasteiger partial charge in [0.25, 0.3) is 0 Å². The van der Waals surface area contributed by atoms with Gasteiger partial charge in [-0.3, -0.25) is 4.79 Å².